The molecule has 2 aromatic rings. The van der Waals surface area contributed by atoms with Crippen molar-refractivity contribution in [1.29, 1.82) is 0 Å². The number of hydrogen-bond acceptors (Lipinski definition) is 3. The van der Waals surface area contributed by atoms with Crippen molar-refractivity contribution in [1.82, 2.24) is 5.43 Å². The molecule has 4 rings (SSSR count). The maximum Gasteiger partial charge on any atom is 0.244 e. The molecule has 1 amide bonds. The molecule has 0 bridgehead atoms. The smallest absolute Gasteiger partial charge is 0.244 e. The molecule has 0 saturated heterocycles. The third kappa shape index (κ3) is 4.58. The van der Waals surface area contributed by atoms with Crippen LogP contribution in [0.15, 0.2) is 56.5 Å². The van der Waals surface area contributed by atoms with Gasteiger partial charge in [0.1, 0.15) is 12.4 Å². The summed E-state index contributed by atoms with van der Waals surface area (Å²) in [7, 11) is 0. The maximum atomic E-state index is 12.5. The van der Waals surface area contributed by atoms with Crippen LogP contribution in [0, 0.1) is 17.3 Å². The first-order chi connectivity index (χ1) is 14.0. The van der Waals surface area contributed by atoms with Crippen LogP contribution in [0.3, 0.4) is 0 Å². The van der Waals surface area contributed by atoms with Crippen LogP contribution in [0.1, 0.15) is 43.7 Å². The van der Waals surface area contributed by atoms with Crippen molar-refractivity contribution in [3.8, 4) is 5.75 Å². The summed E-state index contributed by atoms with van der Waals surface area (Å²) in [5.41, 5.74) is 4.94. The molecule has 2 fully saturated rings. The molecule has 0 heterocycles. The normalized spacial score (nSPS) is 25.5. The van der Waals surface area contributed by atoms with E-state index in [0.717, 1.165) is 32.2 Å². The number of rotatable bonds is 6. The number of nitrogens with one attached hydrogen (secondary N) is 1. The van der Waals surface area contributed by atoms with E-state index in [-0.39, 0.29) is 17.2 Å². The van der Waals surface area contributed by atoms with Gasteiger partial charge in [0.2, 0.25) is 5.91 Å². The zero-order chi connectivity index (χ0) is 20.4. The molecule has 0 aromatic heterocycles. The molecular weight excluding hydrogens is 496 g/mol. The highest BCUT2D eigenvalue weighted by atomic mass is 79.9. The van der Waals surface area contributed by atoms with Crippen LogP contribution in [0.25, 0.3) is 0 Å². The number of benzene rings is 2. The Labute approximate surface area is 188 Å². The topological polar surface area (TPSA) is 50.7 Å². The predicted molar refractivity (Wildman–Crippen MR) is 122 cm³/mol. The van der Waals surface area contributed by atoms with Crippen molar-refractivity contribution < 1.29 is 9.53 Å². The van der Waals surface area contributed by atoms with Gasteiger partial charge in [-0.05, 0) is 81.6 Å². The minimum absolute atomic E-state index is 0.0594. The summed E-state index contributed by atoms with van der Waals surface area (Å²) >= 11 is 6.99. The molecule has 2 aromatic carbocycles. The van der Waals surface area contributed by atoms with Gasteiger partial charge in [-0.3, -0.25) is 4.79 Å². The zero-order valence-corrected chi connectivity index (χ0v) is 19.5. The Hall–Kier alpha value is -1.66. The molecule has 1 N–H and O–H groups in total. The average molecular weight is 520 g/mol. The van der Waals surface area contributed by atoms with Crippen LogP contribution < -0.4 is 10.2 Å². The van der Waals surface area contributed by atoms with Crippen molar-refractivity contribution >= 4 is 44.0 Å². The van der Waals surface area contributed by atoms with E-state index >= 15 is 0 Å². The largest absolute Gasteiger partial charge is 0.488 e. The molecule has 6 heteroatoms. The van der Waals surface area contributed by atoms with E-state index < -0.39 is 0 Å². The molecule has 0 radical (unpaired) electrons. The number of nitrogens with zero attached hydrogens (tertiary/aromatic N) is 1. The lowest BCUT2D eigenvalue weighted by Gasteiger charge is -2.15. The second-order valence-electron chi connectivity index (χ2n) is 8.18. The fraction of sp³-hybridized carbons (Fsp3) is 0.391. The molecular formula is C23H24Br2N2O2. The molecule has 0 unspecified atom stereocenters. The highest BCUT2D eigenvalue weighted by Crippen LogP contribution is 2.66. The second kappa shape index (κ2) is 8.60. The minimum Gasteiger partial charge on any atom is -0.488 e. The van der Waals surface area contributed by atoms with Crippen molar-refractivity contribution in [3.05, 3.63) is 62.5 Å². The lowest BCUT2D eigenvalue weighted by Crippen LogP contribution is -2.22. The summed E-state index contributed by atoms with van der Waals surface area (Å²) in [6.45, 7) is 2.74. The van der Waals surface area contributed by atoms with E-state index in [0.29, 0.717) is 12.5 Å². The Morgan fingerprint density at radius 2 is 2.03 bits per heavy atom. The number of hydrogen-bond donors (Lipinski definition) is 1. The van der Waals surface area contributed by atoms with E-state index in [1.165, 1.54) is 19.3 Å². The number of carbonyl (C=O) groups excluding carboxylic acids is 1. The molecule has 4 nitrogen and oxygen atoms in total. The molecule has 2 saturated carbocycles. The van der Waals surface area contributed by atoms with Gasteiger partial charge in [0.25, 0.3) is 0 Å². The van der Waals surface area contributed by atoms with E-state index in [2.05, 4.69) is 49.3 Å². The molecule has 29 heavy (non-hydrogen) atoms. The summed E-state index contributed by atoms with van der Waals surface area (Å²) in [4.78, 5) is 12.5. The zero-order valence-electron chi connectivity index (χ0n) is 16.3. The Morgan fingerprint density at radius 3 is 2.72 bits per heavy atom. The van der Waals surface area contributed by atoms with Gasteiger partial charge in [-0.2, -0.15) is 5.10 Å². The quantitative estimate of drug-likeness (QED) is 0.372. The lowest BCUT2D eigenvalue weighted by molar-refractivity contribution is -0.123. The summed E-state index contributed by atoms with van der Waals surface area (Å²) in [6, 6.07) is 13.8. The fourth-order valence-electron chi connectivity index (χ4n) is 4.55. The van der Waals surface area contributed by atoms with E-state index in [1.54, 1.807) is 6.21 Å². The Morgan fingerprint density at radius 1 is 1.24 bits per heavy atom. The van der Waals surface area contributed by atoms with E-state index in [1.807, 2.05) is 42.5 Å². The number of fused-ring (bicyclic) bond motifs is 1. The first kappa shape index (κ1) is 20.6. The number of amides is 1. The molecule has 0 aliphatic heterocycles. The van der Waals surface area contributed by atoms with Crippen LogP contribution >= 0.6 is 31.9 Å². The highest BCUT2D eigenvalue weighted by Gasteiger charge is 2.64. The van der Waals surface area contributed by atoms with E-state index in [9.17, 15) is 4.79 Å². The standard InChI is InChI=1S/C23H24Br2N2O2/c1-23-11-3-2-4-18(23)21(23)22(28)27-26-13-16-7-10-20(19(25)12-16)29-14-15-5-8-17(24)9-6-15/h5-10,12-13,18,21H,2-4,11,14H2,1H3,(H,27,28)/b26-13-/t18-,21+,23-/m0/s1. The second-order valence-corrected chi connectivity index (χ2v) is 9.95. The lowest BCUT2D eigenvalue weighted by atomic mass is 9.90. The van der Waals surface area contributed by atoms with Crippen molar-refractivity contribution in [3.63, 3.8) is 0 Å². The summed E-state index contributed by atoms with van der Waals surface area (Å²) in [5, 5.41) is 4.17. The minimum atomic E-state index is 0.0594. The van der Waals surface area contributed by atoms with Crippen LogP contribution in [-0.2, 0) is 11.4 Å². The monoisotopic (exact) mass is 518 g/mol. The van der Waals surface area contributed by atoms with E-state index in [4.69, 9.17) is 4.74 Å². The van der Waals surface area contributed by atoms with Gasteiger partial charge in [-0.25, -0.2) is 5.43 Å². The Balaban J connectivity index is 1.31. The third-order valence-electron chi connectivity index (χ3n) is 6.27. The first-order valence-corrected chi connectivity index (χ1v) is 11.6. The predicted octanol–water partition coefficient (Wildman–Crippen LogP) is 6.07. The van der Waals surface area contributed by atoms with Crippen molar-refractivity contribution in [2.75, 3.05) is 0 Å². The van der Waals surface area contributed by atoms with Gasteiger partial charge in [0, 0.05) is 10.4 Å². The summed E-state index contributed by atoms with van der Waals surface area (Å²) < 4.78 is 7.79. The Bertz CT molecular complexity index is 929. The number of hydrazone groups is 1. The van der Waals surface area contributed by atoms with Crippen molar-refractivity contribution in [2.24, 2.45) is 22.4 Å². The number of halogens is 2. The van der Waals surface area contributed by atoms with Crippen molar-refractivity contribution in [2.45, 2.75) is 39.2 Å². The SMILES string of the molecule is C[C@]12CCCC[C@H]1[C@@H]2C(=O)N/N=C\c1ccc(OCc2ccc(Br)cc2)c(Br)c1. The average Bonchev–Trinajstić information content (AvgIpc) is 3.34. The van der Waals surface area contributed by atoms with Gasteiger partial charge in [-0.15, -0.1) is 0 Å². The molecule has 0 spiro atoms. The summed E-state index contributed by atoms with van der Waals surface area (Å²) in [5.74, 6) is 1.50. The first-order valence-electron chi connectivity index (χ1n) is 9.97. The van der Waals surface area contributed by atoms with Gasteiger partial charge in [0.05, 0.1) is 10.7 Å². The van der Waals surface area contributed by atoms with Gasteiger partial charge in [-0.1, -0.05) is 47.8 Å². The van der Waals surface area contributed by atoms with Crippen LogP contribution in [-0.4, -0.2) is 12.1 Å². The molecule has 2 aliphatic carbocycles. The molecule has 3 atom stereocenters. The highest BCUT2D eigenvalue weighted by molar-refractivity contribution is 9.10. The molecule has 152 valence electrons. The van der Waals surface area contributed by atoms with Crippen LogP contribution in [0.2, 0.25) is 0 Å². The van der Waals surface area contributed by atoms with Gasteiger partial charge < -0.3 is 4.74 Å². The summed E-state index contributed by atoms with van der Waals surface area (Å²) in [6.07, 6.45) is 6.50. The Kier molecular flexibility index (Phi) is 6.11. The fourth-order valence-corrected chi connectivity index (χ4v) is 5.32. The van der Waals surface area contributed by atoms with Gasteiger partial charge >= 0.3 is 0 Å². The number of carbonyl (C=O) groups is 1. The van der Waals surface area contributed by atoms with Crippen LogP contribution in [0.4, 0.5) is 0 Å². The third-order valence-corrected chi connectivity index (χ3v) is 7.41. The molecule has 2 aliphatic rings. The maximum absolute atomic E-state index is 12.5. The van der Waals surface area contributed by atoms with Crippen LogP contribution in [0.5, 0.6) is 5.75 Å². The number of ether oxygens (including phenoxy) is 1. The van der Waals surface area contributed by atoms with Gasteiger partial charge in [0.15, 0.2) is 0 Å².